The molecule has 1 N–H and O–H groups in total. The van der Waals surface area contributed by atoms with E-state index in [-0.39, 0.29) is 0 Å². The van der Waals surface area contributed by atoms with Crippen LogP contribution in [0.4, 0.5) is 0 Å². The van der Waals surface area contributed by atoms with Gasteiger partial charge in [0.15, 0.2) is 0 Å². The highest BCUT2D eigenvalue weighted by Crippen LogP contribution is 2.41. The number of halogens is 1. The average molecular weight is 298 g/mol. The summed E-state index contributed by atoms with van der Waals surface area (Å²) in [6.07, 6.45) is 2.71. The number of fused-ring (bicyclic) bond motifs is 1. The Morgan fingerprint density at radius 2 is 2.37 bits per heavy atom. The standard InChI is InChI=1S/C15H20ClNOS/c1-2-17-13-8-15(10-5-6-19-9-10)18-14-4-3-11(16)7-12(13)14/h3-4,7,10,13,15,17H,2,5-6,8-9H2,1H3. The van der Waals surface area contributed by atoms with Gasteiger partial charge in [0.05, 0.1) is 0 Å². The second-order valence-electron chi connectivity index (χ2n) is 5.31. The summed E-state index contributed by atoms with van der Waals surface area (Å²) in [5.74, 6) is 4.24. The van der Waals surface area contributed by atoms with E-state index in [1.807, 2.05) is 18.2 Å². The summed E-state index contributed by atoms with van der Waals surface area (Å²) in [6.45, 7) is 3.13. The Morgan fingerprint density at radius 3 is 3.11 bits per heavy atom. The summed E-state index contributed by atoms with van der Waals surface area (Å²) in [4.78, 5) is 0. The third kappa shape index (κ3) is 2.88. The maximum absolute atomic E-state index is 6.24. The molecule has 0 aromatic heterocycles. The fourth-order valence-electron chi connectivity index (χ4n) is 3.04. The molecule has 0 spiro atoms. The summed E-state index contributed by atoms with van der Waals surface area (Å²) in [7, 11) is 0. The van der Waals surface area contributed by atoms with Crippen LogP contribution in [0.25, 0.3) is 0 Å². The molecule has 0 amide bonds. The van der Waals surface area contributed by atoms with Gasteiger partial charge in [0.25, 0.3) is 0 Å². The highest BCUT2D eigenvalue weighted by Gasteiger charge is 2.34. The maximum atomic E-state index is 6.24. The van der Waals surface area contributed by atoms with Gasteiger partial charge in [-0.1, -0.05) is 18.5 Å². The van der Waals surface area contributed by atoms with Crippen molar-refractivity contribution in [1.82, 2.24) is 5.32 Å². The molecule has 0 saturated carbocycles. The normalized spacial score (nSPS) is 29.9. The van der Waals surface area contributed by atoms with E-state index in [1.165, 1.54) is 23.5 Å². The maximum Gasteiger partial charge on any atom is 0.124 e. The minimum absolute atomic E-state index is 0.354. The van der Waals surface area contributed by atoms with Crippen LogP contribution in [0.5, 0.6) is 5.75 Å². The Bertz CT molecular complexity index is 448. The zero-order chi connectivity index (χ0) is 13.2. The highest BCUT2D eigenvalue weighted by atomic mass is 35.5. The molecule has 104 valence electrons. The quantitative estimate of drug-likeness (QED) is 0.914. The molecule has 2 nitrogen and oxygen atoms in total. The van der Waals surface area contributed by atoms with E-state index in [1.54, 1.807) is 0 Å². The lowest BCUT2D eigenvalue weighted by Crippen LogP contribution is -2.37. The van der Waals surface area contributed by atoms with Crippen LogP contribution in [0, 0.1) is 5.92 Å². The lowest BCUT2D eigenvalue weighted by molar-refractivity contribution is 0.103. The second-order valence-corrected chi connectivity index (χ2v) is 6.89. The van der Waals surface area contributed by atoms with Crippen LogP contribution in [0.2, 0.25) is 5.02 Å². The van der Waals surface area contributed by atoms with Crippen LogP contribution < -0.4 is 10.1 Å². The van der Waals surface area contributed by atoms with Gasteiger partial charge in [-0.25, -0.2) is 0 Å². The van der Waals surface area contributed by atoms with Crippen molar-refractivity contribution in [3.8, 4) is 5.75 Å². The summed E-state index contributed by atoms with van der Waals surface area (Å²) >= 11 is 8.17. The van der Waals surface area contributed by atoms with Crippen molar-refractivity contribution in [2.45, 2.75) is 31.9 Å². The van der Waals surface area contributed by atoms with Crippen molar-refractivity contribution in [1.29, 1.82) is 0 Å². The molecule has 3 atom stereocenters. The van der Waals surface area contributed by atoms with Gasteiger partial charge in [-0.05, 0) is 42.7 Å². The first-order valence-corrected chi connectivity index (χ1v) is 8.58. The summed E-state index contributed by atoms with van der Waals surface area (Å²) < 4.78 is 6.24. The smallest absolute Gasteiger partial charge is 0.124 e. The zero-order valence-corrected chi connectivity index (χ0v) is 12.8. The second kappa shape index (κ2) is 5.94. The summed E-state index contributed by atoms with van der Waals surface area (Å²) in [6, 6.07) is 6.37. The predicted molar refractivity (Wildman–Crippen MR) is 82.3 cm³/mol. The first-order chi connectivity index (χ1) is 9.28. The van der Waals surface area contributed by atoms with Crippen LogP contribution in [-0.2, 0) is 0 Å². The average Bonchev–Trinajstić information content (AvgIpc) is 2.93. The number of thioether (sulfide) groups is 1. The molecule has 19 heavy (non-hydrogen) atoms. The molecule has 1 aromatic carbocycles. The largest absolute Gasteiger partial charge is 0.490 e. The van der Waals surface area contributed by atoms with Crippen molar-refractivity contribution >= 4 is 23.4 Å². The summed E-state index contributed by atoms with van der Waals surface area (Å²) in [5.41, 5.74) is 1.22. The van der Waals surface area contributed by atoms with E-state index in [9.17, 15) is 0 Å². The number of nitrogens with one attached hydrogen (secondary N) is 1. The lowest BCUT2D eigenvalue weighted by atomic mass is 9.89. The van der Waals surface area contributed by atoms with Gasteiger partial charge >= 0.3 is 0 Å². The fraction of sp³-hybridized carbons (Fsp3) is 0.600. The topological polar surface area (TPSA) is 21.3 Å². The van der Waals surface area contributed by atoms with Gasteiger partial charge in [0, 0.05) is 29.0 Å². The molecule has 3 rings (SSSR count). The Balaban J connectivity index is 1.85. The molecule has 3 unspecified atom stereocenters. The Morgan fingerprint density at radius 1 is 1.47 bits per heavy atom. The van der Waals surface area contributed by atoms with Gasteiger partial charge < -0.3 is 10.1 Å². The van der Waals surface area contributed by atoms with Crippen molar-refractivity contribution < 1.29 is 4.74 Å². The van der Waals surface area contributed by atoms with Crippen LogP contribution in [0.3, 0.4) is 0 Å². The third-order valence-corrected chi connectivity index (χ3v) is 5.46. The molecule has 0 aliphatic carbocycles. The Kier molecular flexibility index (Phi) is 4.25. The van der Waals surface area contributed by atoms with Gasteiger partial charge in [0.1, 0.15) is 11.9 Å². The first kappa shape index (κ1) is 13.6. The molecule has 4 heteroatoms. The van der Waals surface area contributed by atoms with Crippen molar-refractivity contribution in [3.63, 3.8) is 0 Å². The van der Waals surface area contributed by atoms with E-state index >= 15 is 0 Å². The number of hydrogen-bond acceptors (Lipinski definition) is 3. The molecule has 1 aromatic rings. The van der Waals surface area contributed by atoms with Crippen molar-refractivity contribution in [2.24, 2.45) is 5.92 Å². The zero-order valence-electron chi connectivity index (χ0n) is 11.2. The first-order valence-electron chi connectivity index (χ1n) is 7.05. The molecule has 2 aliphatic rings. The number of hydrogen-bond donors (Lipinski definition) is 1. The molecule has 2 aliphatic heterocycles. The Labute approximate surface area is 124 Å². The van der Waals surface area contributed by atoms with Crippen molar-refractivity contribution in [3.05, 3.63) is 28.8 Å². The van der Waals surface area contributed by atoms with Crippen LogP contribution in [0.15, 0.2) is 18.2 Å². The van der Waals surface area contributed by atoms with E-state index in [0.29, 0.717) is 18.1 Å². The van der Waals surface area contributed by atoms with Gasteiger partial charge in [-0.3, -0.25) is 0 Å². The molecule has 2 heterocycles. The van der Waals surface area contributed by atoms with Gasteiger partial charge in [-0.15, -0.1) is 0 Å². The van der Waals surface area contributed by atoms with Gasteiger partial charge in [0.2, 0.25) is 0 Å². The van der Waals surface area contributed by atoms with Crippen molar-refractivity contribution in [2.75, 3.05) is 18.1 Å². The van der Waals surface area contributed by atoms with E-state index < -0.39 is 0 Å². The van der Waals surface area contributed by atoms with Gasteiger partial charge in [-0.2, -0.15) is 11.8 Å². The third-order valence-electron chi connectivity index (χ3n) is 4.03. The highest BCUT2D eigenvalue weighted by molar-refractivity contribution is 7.99. The van der Waals surface area contributed by atoms with Crippen LogP contribution in [-0.4, -0.2) is 24.2 Å². The molecular weight excluding hydrogens is 278 g/mol. The van der Waals surface area contributed by atoms with Crippen LogP contribution in [0.1, 0.15) is 31.4 Å². The number of ether oxygens (including phenoxy) is 1. The molecular formula is C15H20ClNOS. The van der Waals surface area contributed by atoms with E-state index in [2.05, 4.69) is 24.0 Å². The van der Waals surface area contributed by atoms with Crippen LogP contribution >= 0.6 is 23.4 Å². The van der Waals surface area contributed by atoms with E-state index in [4.69, 9.17) is 16.3 Å². The van der Waals surface area contributed by atoms with E-state index in [0.717, 1.165) is 23.7 Å². The number of rotatable bonds is 3. The predicted octanol–water partition coefficient (Wildman–Crippen LogP) is 3.89. The minimum Gasteiger partial charge on any atom is -0.490 e. The minimum atomic E-state index is 0.354. The Hall–Kier alpha value is -0.380. The summed E-state index contributed by atoms with van der Waals surface area (Å²) in [5, 5.41) is 4.37. The monoisotopic (exact) mass is 297 g/mol. The fourth-order valence-corrected chi connectivity index (χ4v) is 4.54. The molecule has 1 fully saturated rings. The molecule has 1 saturated heterocycles. The molecule has 0 radical (unpaired) electrons. The number of benzene rings is 1. The molecule has 0 bridgehead atoms. The lowest BCUT2D eigenvalue weighted by Gasteiger charge is -2.35. The SMILES string of the molecule is CCNC1CC(C2CCSC2)Oc2ccc(Cl)cc21.